The monoisotopic (exact) mass is 339 g/mol. The minimum Gasteiger partial charge on any atom is -0.332 e. The zero-order valence-corrected chi connectivity index (χ0v) is 14.6. The molecule has 3 nitrogen and oxygen atoms in total. The van der Waals surface area contributed by atoms with Crippen LogP contribution in [0.25, 0.3) is 11.3 Å². The lowest BCUT2D eigenvalue weighted by atomic mass is 10.1. The molecule has 0 bridgehead atoms. The zero-order chi connectivity index (χ0) is 16.2. The maximum atomic E-state index is 5.36. The van der Waals surface area contributed by atoms with Crippen LogP contribution in [0.2, 0.25) is 0 Å². The fourth-order valence-electron chi connectivity index (χ4n) is 2.15. The van der Waals surface area contributed by atoms with Crippen LogP contribution < -0.4 is 10.6 Å². The van der Waals surface area contributed by atoms with Crippen LogP contribution in [-0.2, 0) is 0 Å². The minimum absolute atomic E-state index is 0.544. The van der Waals surface area contributed by atoms with Gasteiger partial charge in [-0.2, -0.15) is 0 Å². The van der Waals surface area contributed by atoms with Gasteiger partial charge in [-0.3, -0.25) is 0 Å². The standard InChI is InChI=1S/C18H17N3S2/c1-12-8-9-15(10-13(12)2)19-17(22)21-18-20-16(11-23-18)14-6-4-3-5-7-14/h3-11H,1-2H3,(H2,19,20,21,22). The Morgan fingerprint density at radius 3 is 2.52 bits per heavy atom. The Balaban J connectivity index is 1.66. The summed E-state index contributed by atoms with van der Waals surface area (Å²) in [6.07, 6.45) is 0. The summed E-state index contributed by atoms with van der Waals surface area (Å²) >= 11 is 6.90. The van der Waals surface area contributed by atoms with Crippen LogP contribution in [0.4, 0.5) is 10.8 Å². The highest BCUT2D eigenvalue weighted by atomic mass is 32.1. The maximum Gasteiger partial charge on any atom is 0.189 e. The van der Waals surface area contributed by atoms with Crippen molar-refractivity contribution >= 4 is 39.5 Å². The van der Waals surface area contributed by atoms with E-state index in [-0.39, 0.29) is 0 Å². The van der Waals surface area contributed by atoms with E-state index in [4.69, 9.17) is 12.2 Å². The molecular weight excluding hydrogens is 322 g/mol. The molecule has 0 saturated carbocycles. The molecule has 0 aliphatic rings. The number of hydrogen-bond acceptors (Lipinski definition) is 3. The molecule has 0 fully saturated rings. The summed E-state index contributed by atoms with van der Waals surface area (Å²) in [6, 6.07) is 16.3. The molecule has 0 aliphatic heterocycles. The molecule has 0 amide bonds. The van der Waals surface area contributed by atoms with Gasteiger partial charge < -0.3 is 10.6 Å². The second-order valence-corrected chi connectivity index (χ2v) is 6.55. The summed E-state index contributed by atoms with van der Waals surface area (Å²) < 4.78 is 0. The molecule has 1 heterocycles. The smallest absolute Gasteiger partial charge is 0.189 e. The van der Waals surface area contributed by atoms with Gasteiger partial charge in [0.15, 0.2) is 10.2 Å². The van der Waals surface area contributed by atoms with Crippen molar-refractivity contribution in [1.82, 2.24) is 4.98 Å². The number of nitrogens with zero attached hydrogens (tertiary/aromatic N) is 1. The van der Waals surface area contributed by atoms with Crippen molar-refractivity contribution in [1.29, 1.82) is 0 Å². The molecule has 0 saturated heterocycles. The third kappa shape index (κ3) is 3.94. The largest absolute Gasteiger partial charge is 0.332 e. The highest BCUT2D eigenvalue weighted by molar-refractivity contribution is 7.80. The first kappa shape index (κ1) is 15.6. The molecule has 1 aromatic heterocycles. The highest BCUT2D eigenvalue weighted by Crippen LogP contribution is 2.24. The van der Waals surface area contributed by atoms with E-state index in [0.717, 1.165) is 22.1 Å². The Morgan fingerprint density at radius 2 is 1.78 bits per heavy atom. The van der Waals surface area contributed by atoms with Crippen LogP contribution >= 0.6 is 23.6 Å². The second-order valence-electron chi connectivity index (χ2n) is 5.28. The molecule has 2 N–H and O–H groups in total. The number of thiocarbonyl (C=S) groups is 1. The predicted octanol–water partition coefficient (Wildman–Crippen LogP) is 5.24. The van der Waals surface area contributed by atoms with Gasteiger partial charge in [-0.15, -0.1) is 11.3 Å². The van der Waals surface area contributed by atoms with Gasteiger partial charge in [0.25, 0.3) is 0 Å². The topological polar surface area (TPSA) is 37.0 Å². The van der Waals surface area contributed by atoms with Crippen molar-refractivity contribution in [2.75, 3.05) is 10.6 Å². The fraction of sp³-hybridized carbons (Fsp3) is 0.111. The van der Waals surface area contributed by atoms with Crippen molar-refractivity contribution in [3.8, 4) is 11.3 Å². The number of benzene rings is 2. The Morgan fingerprint density at radius 1 is 1.00 bits per heavy atom. The number of aromatic nitrogens is 1. The predicted molar refractivity (Wildman–Crippen MR) is 103 cm³/mol. The van der Waals surface area contributed by atoms with Crippen LogP contribution in [0.5, 0.6) is 0 Å². The molecule has 0 atom stereocenters. The van der Waals surface area contributed by atoms with Gasteiger partial charge >= 0.3 is 0 Å². The lowest BCUT2D eigenvalue weighted by molar-refractivity contribution is 1.34. The van der Waals surface area contributed by atoms with Crippen molar-refractivity contribution in [3.05, 3.63) is 65.0 Å². The average Bonchev–Trinajstić information content (AvgIpc) is 3.00. The quantitative estimate of drug-likeness (QED) is 0.640. The summed E-state index contributed by atoms with van der Waals surface area (Å²) in [7, 11) is 0. The SMILES string of the molecule is Cc1ccc(NC(=S)Nc2nc(-c3ccccc3)cs2)cc1C. The summed E-state index contributed by atoms with van der Waals surface area (Å²) in [5.74, 6) is 0. The molecule has 3 rings (SSSR count). The Kier molecular flexibility index (Phi) is 4.69. The summed E-state index contributed by atoms with van der Waals surface area (Å²) in [4.78, 5) is 4.57. The third-order valence-electron chi connectivity index (χ3n) is 3.56. The van der Waals surface area contributed by atoms with E-state index in [0.29, 0.717) is 5.11 Å². The van der Waals surface area contributed by atoms with Crippen molar-refractivity contribution < 1.29 is 0 Å². The van der Waals surface area contributed by atoms with Gasteiger partial charge in [0.1, 0.15) is 0 Å². The zero-order valence-electron chi connectivity index (χ0n) is 13.0. The molecule has 0 spiro atoms. The molecule has 2 aromatic carbocycles. The van der Waals surface area contributed by atoms with E-state index in [2.05, 4.69) is 41.6 Å². The van der Waals surface area contributed by atoms with Gasteiger partial charge in [-0.25, -0.2) is 4.98 Å². The lowest BCUT2D eigenvalue weighted by Gasteiger charge is -2.10. The van der Waals surface area contributed by atoms with Crippen molar-refractivity contribution in [2.45, 2.75) is 13.8 Å². The van der Waals surface area contributed by atoms with E-state index in [1.54, 1.807) is 0 Å². The number of nitrogens with one attached hydrogen (secondary N) is 2. The van der Waals surface area contributed by atoms with E-state index in [1.165, 1.54) is 22.5 Å². The van der Waals surface area contributed by atoms with Gasteiger partial charge in [0, 0.05) is 16.6 Å². The maximum absolute atomic E-state index is 5.36. The van der Waals surface area contributed by atoms with Gasteiger partial charge in [0.05, 0.1) is 5.69 Å². The third-order valence-corrected chi connectivity index (χ3v) is 4.52. The first-order valence-corrected chi connectivity index (χ1v) is 8.57. The van der Waals surface area contributed by atoms with Gasteiger partial charge in [-0.1, -0.05) is 36.4 Å². The number of anilines is 2. The molecule has 0 aliphatic carbocycles. The molecule has 5 heteroatoms. The normalized spacial score (nSPS) is 10.3. The molecular formula is C18H17N3S2. The van der Waals surface area contributed by atoms with Crippen LogP contribution in [0.1, 0.15) is 11.1 Å². The van der Waals surface area contributed by atoms with E-state index in [1.807, 2.05) is 41.8 Å². The first-order chi connectivity index (χ1) is 11.1. The Hall–Kier alpha value is -2.24. The number of aryl methyl sites for hydroxylation is 2. The van der Waals surface area contributed by atoms with Gasteiger partial charge in [-0.05, 0) is 49.3 Å². The Bertz CT molecular complexity index is 825. The van der Waals surface area contributed by atoms with Crippen LogP contribution in [0, 0.1) is 13.8 Å². The minimum atomic E-state index is 0.544. The fourth-order valence-corrected chi connectivity index (χ4v) is 3.15. The van der Waals surface area contributed by atoms with Crippen LogP contribution in [0.15, 0.2) is 53.9 Å². The van der Waals surface area contributed by atoms with Crippen LogP contribution in [-0.4, -0.2) is 10.1 Å². The first-order valence-electron chi connectivity index (χ1n) is 7.28. The van der Waals surface area contributed by atoms with Crippen molar-refractivity contribution in [2.24, 2.45) is 0 Å². The number of hydrogen-bond donors (Lipinski definition) is 2. The molecule has 0 unspecified atom stereocenters. The molecule has 116 valence electrons. The average molecular weight is 339 g/mol. The highest BCUT2D eigenvalue weighted by Gasteiger charge is 2.06. The molecule has 0 radical (unpaired) electrons. The lowest BCUT2D eigenvalue weighted by Crippen LogP contribution is -2.19. The summed E-state index contributed by atoms with van der Waals surface area (Å²) in [5, 5.41) is 9.69. The van der Waals surface area contributed by atoms with E-state index >= 15 is 0 Å². The Labute approximate surface area is 145 Å². The van der Waals surface area contributed by atoms with Crippen molar-refractivity contribution in [3.63, 3.8) is 0 Å². The molecule has 23 heavy (non-hydrogen) atoms. The van der Waals surface area contributed by atoms with Crippen LogP contribution in [0.3, 0.4) is 0 Å². The molecule has 3 aromatic rings. The van der Waals surface area contributed by atoms with E-state index in [9.17, 15) is 0 Å². The van der Waals surface area contributed by atoms with E-state index < -0.39 is 0 Å². The summed E-state index contributed by atoms with van der Waals surface area (Å²) in [5.41, 5.74) is 5.53. The number of thiazole rings is 1. The number of rotatable bonds is 3. The van der Waals surface area contributed by atoms with Gasteiger partial charge in [0.2, 0.25) is 0 Å². The summed E-state index contributed by atoms with van der Waals surface area (Å²) in [6.45, 7) is 4.18. The second kappa shape index (κ2) is 6.89.